The second-order valence-corrected chi connectivity index (χ2v) is 8.63. The van der Waals surface area contributed by atoms with Crippen LogP contribution in [0.15, 0.2) is 23.1 Å². The van der Waals surface area contributed by atoms with E-state index in [2.05, 4.69) is 5.32 Å². The maximum absolute atomic E-state index is 12.8. The van der Waals surface area contributed by atoms with Gasteiger partial charge in [-0.3, -0.25) is 4.79 Å². The Hall–Kier alpha value is -1.05. The molecule has 1 saturated heterocycles. The first-order valence-electron chi connectivity index (χ1n) is 7.85. The summed E-state index contributed by atoms with van der Waals surface area (Å²) in [6.45, 7) is 2.94. The molecule has 0 spiro atoms. The second kappa shape index (κ2) is 8.17. The second-order valence-electron chi connectivity index (χ2n) is 5.74. The molecule has 1 N–H and O–H groups in total. The number of hydrogen-bond acceptors (Lipinski definition) is 4. The molecule has 1 aliphatic rings. The van der Waals surface area contributed by atoms with E-state index in [1.165, 1.54) is 0 Å². The molecule has 1 heterocycles. The van der Waals surface area contributed by atoms with Crippen LogP contribution in [-0.4, -0.2) is 43.7 Å². The number of benzene rings is 1. The summed E-state index contributed by atoms with van der Waals surface area (Å²) in [5.41, 5.74) is 1.25. The fourth-order valence-corrected chi connectivity index (χ4v) is 4.78. The maximum atomic E-state index is 12.8. The minimum atomic E-state index is -3.49. The van der Waals surface area contributed by atoms with Crippen LogP contribution in [0.3, 0.4) is 0 Å². The summed E-state index contributed by atoms with van der Waals surface area (Å²) in [4.78, 5) is 12.1. The summed E-state index contributed by atoms with van der Waals surface area (Å²) in [7, 11) is -3.49. The van der Waals surface area contributed by atoms with Gasteiger partial charge in [0.05, 0.1) is 4.90 Å². The topological polar surface area (TPSA) is 66.5 Å². The average molecular weight is 357 g/mol. The van der Waals surface area contributed by atoms with Crippen molar-refractivity contribution >= 4 is 33.4 Å². The van der Waals surface area contributed by atoms with E-state index in [0.717, 1.165) is 25.0 Å². The van der Waals surface area contributed by atoms with E-state index in [9.17, 15) is 13.2 Å². The first-order chi connectivity index (χ1) is 10.9. The summed E-state index contributed by atoms with van der Waals surface area (Å²) in [6, 6.07) is 5.08. The van der Waals surface area contributed by atoms with Crippen LogP contribution < -0.4 is 5.32 Å². The van der Waals surface area contributed by atoms with Crippen molar-refractivity contribution in [1.82, 2.24) is 4.31 Å². The number of amides is 1. The monoisotopic (exact) mass is 356 g/mol. The molecule has 0 radical (unpaired) electrons. The number of nitrogens with one attached hydrogen (secondary N) is 1. The Bertz CT molecular complexity index is 653. The zero-order valence-corrected chi connectivity index (χ0v) is 15.3. The fourth-order valence-electron chi connectivity index (χ4n) is 2.62. The number of hydrogen-bond donors (Lipinski definition) is 1. The number of sulfonamides is 1. The third-order valence-corrected chi connectivity index (χ3v) is 6.59. The number of nitrogens with zero attached hydrogens (tertiary/aromatic N) is 1. The predicted molar refractivity (Wildman–Crippen MR) is 95.4 cm³/mol. The van der Waals surface area contributed by atoms with Gasteiger partial charge in [0.1, 0.15) is 0 Å². The van der Waals surface area contributed by atoms with Crippen LogP contribution in [0.5, 0.6) is 0 Å². The lowest BCUT2D eigenvalue weighted by molar-refractivity contribution is -0.115. The van der Waals surface area contributed by atoms with Crippen LogP contribution in [0.4, 0.5) is 5.69 Å². The van der Waals surface area contributed by atoms with Gasteiger partial charge in [-0.2, -0.15) is 16.1 Å². The predicted octanol–water partition coefficient (Wildman–Crippen LogP) is 2.86. The molecule has 0 aromatic heterocycles. The van der Waals surface area contributed by atoms with Crippen molar-refractivity contribution in [2.45, 2.75) is 37.5 Å². The first kappa shape index (κ1) is 18.3. The van der Waals surface area contributed by atoms with Gasteiger partial charge in [0.2, 0.25) is 15.9 Å². The lowest BCUT2D eigenvalue weighted by atomic mass is 10.2. The molecule has 0 bridgehead atoms. The zero-order valence-electron chi connectivity index (χ0n) is 13.7. The highest BCUT2D eigenvalue weighted by Gasteiger charge is 2.27. The molecule has 0 saturated carbocycles. The molecule has 2 rings (SSSR count). The van der Waals surface area contributed by atoms with E-state index in [-0.39, 0.29) is 5.91 Å². The smallest absolute Gasteiger partial charge is 0.243 e. The van der Waals surface area contributed by atoms with E-state index in [1.807, 2.05) is 6.26 Å². The Morgan fingerprint density at radius 1 is 1.26 bits per heavy atom. The highest BCUT2D eigenvalue weighted by atomic mass is 32.2. The minimum Gasteiger partial charge on any atom is -0.326 e. The van der Waals surface area contributed by atoms with Crippen LogP contribution >= 0.6 is 11.8 Å². The third kappa shape index (κ3) is 4.71. The number of piperidine rings is 1. The van der Waals surface area contributed by atoms with Gasteiger partial charge in [0.25, 0.3) is 0 Å². The molecule has 23 heavy (non-hydrogen) atoms. The van der Waals surface area contributed by atoms with Crippen LogP contribution in [-0.2, 0) is 14.8 Å². The Kier molecular flexibility index (Phi) is 6.50. The minimum absolute atomic E-state index is 0.0930. The first-order valence-corrected chi connectivity index (χ1v) is 10.7. The molecule has 1 amide bonds. The molecule has 0 atom stereocenters. The van der Waals surface area contributed by atoms with Crippen molar-refractivity contribution in [3.8, 4) is 0 Å². The molecule has 1 aromatic carbocycles. The average Bonchev–Trinajstić information content (AvgIpc) is 2.55. The SMILES string of the molecule is CSCCC(=O)Nc1ccc(C)c(S(=O)(=O)N2CCCCC2)c1. The molecular weight excluding hydrogens is 332 g/mol. The van der Waals surface area contributed by atoms with Crippen molar-refractivity contribution in [2.24, 2.45) is 0 Å². The summed E-state index contributed by atoms with van der Waals surface area (Å²) in [5, 5.41) is 2.78. The molecule has 128 valence electrons. The summed E-state index contributed by atoms with van der Waals surface area (Å²) >= 11 is 1.61. The van der Waals surface area contributed by atoms with Crippen molar-refractivity contribution in [3.63, 3.8) is 0 Å². The Balaban J connectivity index is 2.21. The Labute approximate surface area is 142 Å². The molecule has 1 aromatic rings. The van der Waals surface area contributed by atoms with Crippen LogP contribution in [0.2, 0.25) is 0 Å². The van der Waals surface area contributed by atoms with Gasteiger partial charge in [-0.05, 0) is 43.7 Å². The molecule has 7 heteroatoms. The maximum Gasteiger partial charge on any atom is 0.243 e. The molecule has 0 aliphatic carbocycles. The van der Waals surface area contributed by atoms with Gasteiger partial charge >= 0.3 is 0 Å². The van der Waals surface area contributed by atoms with Gasteiger partial charge in [0, 0.05) is 31.0 Å². The van der Waals surface area contributed by atoms with Crippen molar-refractivity contribution < 1.29 is 13.2 Å². The van der Waals surface area contributed by atoms with Crippen LogP contribution in [0.1, 0.15) is 31.2 Å². The summed E-state index contributed by atoms with van der Waals surface area (Å²) in [6.07, 6.45) is 5.26. The Morgan fingerprint density at radius 2 is 1.96 bits per heavy atom. The van der Waals surface area contributed by atoms with Crippen molar-refractivity contribution in [3.05, 3.63) is 23.8 Å². The largest absolute Gasteiger partial charge is 0.326 e. The van der Waals surface area contributed by atoms with E-state index in [0.29, 0.717) is 35.7 Å². The normalized spacial score (nSPS) is 16.3. The van der Waals surface area contributed by atoms with E-state index < -0.39 is 10.0 Å². The van der Waals surface area contributed by atoms with E-state index >= 15 is 0 Å². The van der Waals surface area contributed by atoms with Crippen LogP contribution in [0.25, 0.3) is 0 Å². The highest BCUT2D eigenvalue weighted by molar-refractivity contribution is 7.98. The van der Waals surface area contributed by atoms with Crippen molar-refractivity contribution in [1.29, 1.82) is 0 Å². The number of aryl methyl sites for hydroxylation is 1. The molecule has 0 unspecified atom stereocenters. The number of thioether (sulfide) groups is 1. The van der Waals surface area contributed by atoms with Gasteiger partial charge in [-0.25, -0.2) is 8.42 Å². The van der Waals surface area contributed by atoms with E-state index in [1.54, 1.807) is 41.2 Å². The summed E-state index contributed by atoms with van der Waals surface area (Å²) in [5.74, 6) is 0.654. The number of anilines is 1. The molecule has 1 aliphatic heterocycles. The number of carbonyl (C=O) groups excluding carboxylic acids is 1. The van der Waals surface area contributed by atoms with Gasteiger partial charge in [-0.15, -0.1) is 0 Å². The quantitative estimate of drug-likeness (QED) is 0.851. The lowest BCUT2D eigenvalue weighted by Gasteiger charge is -2.26. The molecular formula is C16H24N2O3S2. The number of carbonyl (C=O) groups is 1. The van der Waals surface area contributed by atoms with Crippen molar-refractivity contribution in [2.75, 3.05) is 30.4 Å². The van der Waals surface area contributed by atoms with Gasteiger partial charge in [0.15, 0.2) is 0 Å². The lowest BCUT2D eigenvalue weighted by Crippen LogP contribution is -2.36. The Morgan fingerprint density at radius 3 is 2.61 bits per heavy atom. The fraction of sp³-hybridized carbons (Fsp3) is 0.562. The van der Waals surface area contributed by atoms with Gasteiger partial charge < -0.3 is 5.32 Å². The zero-order chi connectivity index (χ0) is 16.9. The summed E-state index contributed by atoms with van der Waals surface area (Å²) < 4.78 is 27.2. The van der Waals surface area contributed by atoms with Crippen LogP contribution in [0, 0.1) is 6.92 Å². The molecule has 1 fully saturated rings. The van der Waals surface area contributed by atoms with Gasteiger partial charge in [-0.1, -0.05) is 12.5 Å². The van der Waals surface area contributed by atoms with E-state index in [4.69, 9.17) is 0 Å². The highest BCUT2D eigenvalue weighted by Crippen LogP contribution is 2.26. The third-order valence-electron chi connectivity index (χ3n) is 3.94. The molecule has 5 nitrogen and oxygen atoms in total. The standard InChI is InChI=1S/C16H24N2O3S2/c1-13-6-7-14(17-16(19)8-11-22-2)12-15(13)23(20,21)18-9-4-3-5-10-18/h6-7,12H,3-5,8-11H2,1-2H3,(H,17,19). The number of rotatable bonds is 6.